The van der Waals surface area contributed by atoms with E-state index in [1.54, 1.807) is 18.4 Å². The van der Waals surface area contributed by atoms with E-state index in [1.807, 2.05) is 11.8 Å². The Morgan fingerprint density at radius 1 is 1.44 bits per heavy atom. The molecule has 2 heterocycles. The number of thioether (sulfide) groups is 1. The first-order valence-corrected chi connectivity index (χ1v) is 8.40. The standard InChI is InChI=1S/C12H21N3OS2/c1-16-6-3-13-9-11-10-18-12(14-11)15-4-2-7-17-8-5-15/h10,13H,2-9H2,1H3. The van der Waals surface area contributed by atoms with Crippen molar-refractivity contribution < 1.29 is 4.74 Å². The van der Waals surface area contributed by atoms with Gasteiger partial charge in [-0.25, -0.2) is 4.98 Å². The van der Waals surface area contributed by atoms with Crippen molar-refractivity contribution in [1.29, 1.82) is 0 Å². The smallest absolute Gasteiger partial charge is 0.185 e. The van der Waals surface area contributed by atoms with E-state index < -0.39 is 0 Å². The van der Waals surface area contributed by atoms with Gasteiger partial charge >= 0.3 is 0 Å². The minimum atomic E-state index is 0.750. The van der Waals surface area contributed by atoms with Crippen LogP contribution in [0.5, 0.6) is 0 Å². The molecule has 0 saturated carbocycles. The lowest BCUT2D eigenvalue weighted by atomic mass is 10.4. The first-order valence-electron chi connectivity index (χ1n) is 6.37. The highest BCUT2D eigenvalue weighted by Gasteiger charge is 2.13. The van der Waals surface area contributed by atoms with Gasteiger partial charge in [-0.2, -0.15) is 11.8 Å². The first kappa shape index (κ1) is 14.1. The van der Waals surface area contributed by atoms with Gasteiger partial charge in [0, 0.05) is 44.4 Å². The second-order valence-electron chi connectivity index (χ2n) is 4.24. The zero-order valence-electron chi connectivity index (χ0n) is 10.9. The number of nitrogens with one attached hydrogen (secondary N) is 1. The van der Waals surface area contributed by atoms with Crippen molar-refractivity contribution in [2.24, 2.45) is 0 Å². The Bertz CT molecular complexity index is 338. The summed E-state index contributed by atoms with van der Waals surface area (Å²) in [7, 11) is 1.72. The van der Waals surface area contributed by atoms with Crippen LogP contribution < -0.4 is 10.2 Å². The zero-order valence-corrected chi connectivity index (χ0v) is 12.5. The number of aromatic nitrogens is 1. The molecule has 0 aliphatic carbocycles. The van der Waals surface area contributed by atoms with Crippen molar-refractivity contribution in [1.82, 2.24) is 10.3 Å². The third-order valence-corrected chi connectivity index (χ3v) is 4.82. The van der Waals surface area contributed by atoms with E-state index >= 15 is 0 Å². The van der Waals surface area contributed by atoms with Crippen LogP contribution in [0.15, 0.2) is 5.38 Å². The van der Waals surface area contributed by atoms with Gasteiger partial charge in [-0.05, 0) is 12.2 Å². The van der Waals surface area contributed by atoms with Crippen molar-refractivity contribution in [3.63, 3.8) is 0 Å². The fourth-order valence-electron chi connectivity index (χ4n) is 1.85. The number of hydrogen-bond donors (Lipinski definition) is 1. The maximum absolute atomic E-state index is 5.00. The molecule has 1 saturated heterocycles. The average Bonchev–Trinajstić information content (AvgIpc) is 2.69. The Labute approximate surface area is 117 Å². The Hall–Kier alpha value is -0.300. The average molecular weight is 287 g/mol. The van der Waals surface area contributed by atoms with Crippen LogP contribution in [-0.2, 0) is 11.3 Å². The van der Waals surface area contributed by atoms with Gasteiger partial charge < -0.3 is 15.0 Å². The van der Waals surface area contributed by atoms with Crippen LogP contribution in [0.4, 0.5) is 5.13 Å². The maximum Gasteiger partial charge on any atom is 0.185 e. The summed E-state index contributed by atoms with van der Waals surface area (Å²) in [5.74, 6) is 2.51. The second-order valence-corrected chi connectivity index (χ2v) is 6.31. The van der Waals surface area contributed by atoms with Gasteiger partial charge in [0.05, 0.1) is 12.3 Å². The van der Waals surface area contributed by atoms with E-state index in [2.05, 4.69) is 15.6 Å². The second kappa shape index (κ2) is 7.99. The summed E-state index contributed by atoms with van der Waals surface area (Å²) in [5.41, 5.74) is 1.14. The summed E-state index contributed by atoms with van der Waals surface area (Å²) in [6.07, 6.45) is 1.27. The molecule has 2 rings (SSSR count). The van der Waals surface area contributed by atoms with Crippen LogP contribution >= 0.6 is 23.1 Å². The fraction of sp³-hybridized carbons (Fsp3) is 0.750. The number of thiazole rings is 1. The molecule has 1 aromatic heterocycles. The summed E-state index contributed by atoms with van der Waals surface area (Å²) >= 11 is 3.81. The van der Waals surface area contributed by atoms with Gasteiger partial charge in [-0.1, -0.05) is 0 Å². The number of ether oxygens (including phenoxy) is 1. The Morgan fingerprint density at radius 3 is 3.28 bits per heavy atom. The summed E-state index contributed by atoms with van der Waals surface area (Å²) in [6, 6.07) is 0. The van der Waals surface area contributed by atoms with E-state index in [9.17, 15) is 0 Å². The van der Waals surface area contributed by atoms with Crippen LogP contribution in [0.1, 0.15) is 12.1 Å². The van der Waals surface area contributed by atoms with Gasteiger partial charge in [0.25, 0.3) is 0 Å². The monoisotopic (exact) mass is 287 g/mol. The fourth-order valence-corrected chi connectivity index (χ4v) is 3.62. The number of rotatable bonds is 6. The first-order chi connectivity index (χ1) is 8.90. The molecule has 0 atom stereocenters. The summed E-state index contributed by atoms with van der Waals surface area (Å²) < 4.78 is 5.00. The Morgan fingerprint density at radius 2 is 2.39 bits per heavy atom. The van der Waals surface area contributed by atoms with E-state index in [4.69, 9.17) is 9.72 Å². The minimum Gasteiger partial charge on any atom is -0.383 e. The third kappa shape index (κ3) is 4.42. The molecule has 1 fully saturated rings. The summed E-state index contributed by atoms with van der Waals surface area (Å²) in [6.45, 7) is 4.75. The molecular weight excluding hydrogens is 266 g/mol. The molecule has 4 nitrogen and oxygen atoms in total. The minimum absolute atomic E-state index is 0.750. The largest absolute Gasteiger partial charge is 0.383 e. The molecule has 6 heteroatoms. The molecule has 102 valence electrons. The lowest BCUT2D eigenvalue weighted by molar-refractivity contribution is 0.199. The number of methoxy groups -OCH3 is 1. The van der Waals surface area contributed by atoms with Crippen molar-refractivity contribution in [3.05, 3.63) is 11.1 Å². The molecule has 0 unspecified atom stereocenters. The van der Waals surface area contributed by atoms with Crippen LogP contribution in [0, 0.1) is 0 Å². The molecular formula is C12H21N3OS2. The quantitative estimate of drug-likeness (QED) is 0.808. The maximum atomic E-state index is 5.00. The highest BCUT2D eigenvalue weighted by molar-refractivity contribution is 7.99. The lowest BCUT2D eigenvalue weighted by Gasteiger charge is -2.18. The van der Waals surface area contributed by atoms with Gasteiger partial charge in [0.15, 0.2) is 5.13 Å². The van der Waals surface area contributed by atoms with Crippen LogP contribution in [0.25, 0.3) is 0 Å². The van der Waals surface area contributed by atoms with Gasteiger partial charge in [-0.15, -0.1) is 11.3 Å². The molecule has 0 bridgehead atoms. The summed E-state index contributed by atoms with van der Waals surface area (Å²) in [5, 5.41) is 6.67. The topological polar surface area (TPSA) is 37.4 Å². The van der Waals surface area contributed by atoms with Gasteiger partial charge in [0.1, 0.15) is 0 Å². The normalized spacial score (nSPS) is 16.8. The molecule has 0 radical (unpaired) electrons. The molecule has 18 heavy (non-hydrogen) atoms. The molecule has 0 amide bonds. The SMILES string of the molecule is COCCNCc1csc(N2CCCSCC2)n1. The molecule has 0 aromatic carbocycles. The third-order valence-electron chi connectivity index (χ3n) is 2.82. The van der Waals surface area contributed by atoms with Crippen LogP contribution in [0.2, 0.25) is 0 Å². The Balaban J connectivity index is 1.81. The van der Waals surface area contributed by atoms with Crippen molar-refractivity contribution in [3.8, 4) is 0 Å². The molecule has 1 N–H and O–H groups in total. The number of anilines is 1. The van der Waals surface area contributed by atoms with E-state index in [0.29, 0.717) is 0 Å². The molecule has 1 aliphatic rings. The van der Waals surface area contributed by atoms with E-state index in [1.165, 1.54) is 23.1 Å². The van der Waals surface area contributed by atoms with Gasteiger partial charge in [0.2, 0.25) is 0 Å². The Kier molecular flexibility index (Phi) is 6.26. The van der Waals surface area contributed by atoms with Crippen LogP contribution in [-0.4, -0.2) is 49.8 Å². The predicted octanol–water partition coefficient (Wildman–Crippen LogP) is 1.82. The molecule has 0 spiro atoms. The zero-order chi connectivity index (χ0) is 12.6. The lowest BCUT2D eigenvalue weighted by Crippen LogP contribution is -2.25. The van der Waals surface area contributed by atoms with Crippen molar-refractivity contribution >= 4 is 28.2 Å². The van der Waals surface area contributed by atoms with E-state index in [-0.39, 0.29) is 0 Å². The number of hydrogen-bond acceptors (Lipinski definition) is 6. The molecule has 1 aromatic rings. The van der Waals surface area contributed by atoms with E-state index in [0.717, 1.165) is 38.5 Å². The highest BCUT2D eigenvalue weighted by Crippen LogP contribution is 2.23. The predicted molar refractivity (Wildman–Crippen MR) is 79.9 cm³/mol. The van der Waals surface area contributed by atoms with Crippen molar-refractivity contribution in [2.45, 2.75) is 13.0 Å². The van der Waals surface area contributed by atoms with Gasteiger partial charge in [-0.3, -0.25) is 0 Å². The highest BCUT2D eigenvalue weighted by atomic mass is 32.2. The summed E-state index contributed by atoms with van der Waals surface area (Å²) in [4.78, 5) is 7.13. The van der Waals surface area contributed by atoms with Crippen LogP contribution in [0.3, 0.4) is 0 Å². The van der Waals surface area contributed by atoms with Crippen molar-refractivity contribution in [2.75, 3.05) is 49.8 Å². The number of nitrogens with zero attached hydrogens (tertiary/aromatic N) is 2. The molecule has 1 aliphatic heterocycles.